The number of aryl methyl sites for hydroxylation is 1. The summed E-state index contributed by atoms with van der Waals surface area (Å²) in [7, 11) is 0. The van der Waals surface area contributed by atoms with Gasteiger partial charge in [0.2, 0.25) is 5.91 Å². The normalized spacial score (nSPS) is 11.1. The highest BCUT2D eigenvalue weighted by Gasteiger charge is 2.08. The number of aromatic nitrogens is 3. The molecule has 0 aliphatic heterocycles. The highest BCUT2D eigenvalue weighted by atomic mass is 16.2. The van der Waals surface area contributed by atoms with E-state index in [0.717, 1.165) is 25.2 Å². The lowest BCUT2D eigenvalue weighted by atomic mass is 10.1. The lowest BCUT2D eigenvalue weighted by Gasteiger charge is -2.18. The molecule has 1 N–H and O–H groups in total. The highest BCUT2D eigenvalue weighted by Crippen LogP contribution is 2.08. The summed E-state index contributed by atoms with van der Waals surface area (Å²) in [5.41, 5.74) is 2.64. The number of carbonyl (C=O) groups is 1. The SMILES string of the molecule is CCN(CC)Cc1ccc(CNC(=O)CCn2nnc3ccccc3c2=O)cc1. The molecule has 3 aromatic rings. The van der Waals surface area contributed by atoms with Crippen molar-refractivity contribution >= 4 is 16.8 Å². The Balaban J connectivity index is 1.50. The third-order valence-electron chi connectivity index (χ3n) is 4.99. The molecule has 0 radical (unpaired) electrons. The van der Waals surface area contributed by atoms with Gasteiger partial charge in [0.05, 0.1) is 11.9 Å². The highest BCUT2D eigenvalue weighted by molar-refractivity contribution is 5.77. The van der Waals surface area contributed by atoms with Crippen LogP contribution in [0.2, 0.25) is 0 Å². The van der Waals surface area contributed by atoms with E-state index in [1.807, 2.05) is 18.2 Å². The number of hydrogen-bond acceptors (Lipinski definition) is 5. The van der Waals surface area contributed by atoms with Gasteiger partial charge in [-0.15, -0.1) is 5.10 Å². The first kappa shape index (κ1) is 20.7. The standard InChI is InChI=1S/C22H27N5O2/c1-3-26(4-2)16-18-11-9-17(10-12-18)15-23-21(28)13-14-27-22(29)19-7-5-6-8-20(19)24-25-27/h5-12H,3-4,13-16H2,1-2H3,(H,23,28). The fourth-order valence-electron chi connectivity index (χ4n) is 3.13. The summed E-state index contributed by atoms with van der Waals surface area (Å²) in [5.74, 6) is -0.126. The van der Waals surface area contributed by atoms with Crippen LogP contribution in [-0.4, -0.2) is 38.9 Å². The van der Waals surface area contributed by atoms with E-state index in [0.29, 0.717) is 17.4 Å². The Kier molecular flexibility index (Phi) is 7.08. The summed E-state index contributed by atoms with van der Waals surface area (Å²) in [6, 6.07) is 15.3. The second-order valence-electron chi connectivity index (χ2n) is 6.94. The molecule has 0 fully saturated rings. The van der Waals surface area contributed by atoms with Crippen LogP contribution < -0.4 is 10.9 Å². The van der Waals surface area contributed by atoms with Gasteiger partial charge < -0.3 is 5.32 Å². The van der Waals surface area contributed by atoms with Gasteiger partial charge in [-0.3, -0.25) is 14.5 Å². The minimum Gasteiger partial charge on any atom is -0.352 e. The zero-order chi connectivity index (χ0) is 20.6. The van der Waals surface area contributed by atoms with Crippen molar-refractivity contribution in [1.82, 2.24) is 25.2 Å². The first-order valence-electron chi connectivity index (χ1n) is 10.00. The quantitative estimate of drug-likeness (QED) is 0.604. The van der Waals surface area contributed by atoms with E-state index in [1.165, 1.54) is 10.2 Å². The molecular formula is C22H27N5O2. The summed E-state index contributed by atoms with van der Waals surface area (Å²) < 4.78 is 1.24. The second-order valence-corrected chi connectivity index (χ2v) is 6.94. The van der Waals surface area contributed by atoms with Crippen molar-refractivity contribution in [1.29, 1.82) is 0 Å². The van der Waals surface area contributed by atoms with Crippen molar-refractivity contribution in [3.63, 3.8) is 0 Å². The number of rotatable bonds is 9. The van der Waals surface area contributed by atoms with E-state index in [4.69, 9.17) is 0 Å². The molecule has 0 bridgehead atoms. The maximum Gasteiger partial charge on any atom is 0.277 e. The van der Waals surface area contributed by atoms with E-state index in [2.05, 4.69) is 46.5 Å². The number of nitrogens with one attached hydrogen (secondary N) is 1. The van der Waals surface area contributed by atoms with E-state index in [9.17, 15) is 9.59 Å². The largest absolute Gasteiger partial charge is 0.352 e. The molecule has 0 saturated heterocycles. The number of amides is 1. The number of hydrogen-bond donors (Lipinski definition) is 1. The van der Waals surface area contributed by atoms with Crippen LogP contribution in [0, 0.1) is 0 Å². The van der Waals surface area contributed by atoms with Gasteiger partial charge in [0.15, 0.2) is 0 Å². The first-order chi connectivity index (χ1) is 14.1. The van der Waals surface area contributed by atoms with Gasteiger partial charge in [-0.2, -0.15) is 0 Å². The van der Waals surface area contributed by atoms with E-state index in [-0.39, 0.29) is 24.4 Å². The Morgan fingerprint density at radius 3 is 2.45 bits per heavy atom. The first-order valence-corrected chi connectivity index (χ1v) is 10.00. The predicted molar refractivity (Wildman–Crippen MR) is 113 cm³/mol. The van der Waals surface area contributed by atoms with Crippen LogP contribution >= 0.6 is 0 Å². The zero-order valence-corrected chi connectivity index (χ0v) is 17.0. The Labute approximate surface area is 170 Å². The number of benzene rings is 2. The summed E-state index contributed by atoms with van der Waals surface area (Å²) in [6.07, 6.45) is 0.174. The summed E-state index contributed by atoms with van der Waals surface area (Å²) in [6.45, 7) is 7.96. The molecule has 0 aliphatic rings. The van der Waals surface area contributed by atoms with Gasteiger partial charge in [-0.25, -0.2) is 4.68 Å². The van der Waals surface area contributed by atoms with Gasteiger partial charge in [0.25, 0.3) is 5.56 Å². The third kappa shape index (κ3) is 5.48. The Morgan fingerprint density at radius 1 is 1.03 bits per heavy atom. The molecule has 0 unspecified atom stereocenters. The summed E-state index contributed by atoms with van der Waals surface area (Å²) in [5, 5.41) is 11.3. The van der Waals surface area contributed by atoms with Crippen molar-refractivity contribution in [3.05, 3.63) is 70.0 Å². The molecule has 0 aliphatic carbocycles. The Hall–Kier alpha value is -3.06. The fraction of sp³-hybridized carbons (Fsp3) is 0.364. The molecule has 0 saturated carbocycles. The van der Waals surface area contributed by atoms with Gasteiger partial charge in [-0.05, 0) is 36.3 Å². The molecule has 7 heteroatoms. The van der Waals surface area contributed by atoms with Crippen LogP contribution in [0.25, 0.3) is 10.9 Å². The van der Waals surface area contributed by atoms with Crippen molar-refractivity contribution in [2.45, 2.75) is 39.9 Å². The second kappa shape index (κ2) is 9.93. The molecule has 1 aromatic heterocycles. The monoisotopic (exact) mass is 393 g/mol. The Bertz CT molecular complexity index is 1010. The molecule has 0 spiro atoms. The minimum absolute atomic E-state index is 0.126. The van der Waals surface area contributed by atoms with Crippen molar-refractivity contribution in [3.8, 4) is 0 Å². The van der Waals surface area contributed by atoms with Crippen molar-refractivity contribution < 1.29 is 4.79 Å². The van der Waals surface area contributed by atoms with Gasteiger partial charge in [0, 0.05) is 19.5 Å². The third-order valence-corrected chi connectivity index (χ3v) is 4.99. The van der Waals surface area contributed by atoms with Crippen molar-refractivity contribution in [2.24, 2.45) is 0 Å². The minimum atomic E-state index is -0.229. The molecule has 7 nitrogen and oxygen atoms in total. The molecule has 152 valence electrons. The Morgan fingerprint density at radius 2 is 1.72 bits per heavy atom. The van der Waals surface area contributed by atoms with Gasteiger partial charge in [-0.1, -0.05) is 55.5 Å². The lowest BCUT2D eigenvalue weighted by molar-refractivity contribution is -0.121. The van der Waals surface area contributed by atoms with Crippen LogP contribution in [-0.2, 0) is 24.4 Å². The predicted octanol–water partition coefficient (Wildman–Crippen LogP) is 2.34. The van der Waals surface area contributed by atoms with Crippen LogP contribution in [0.4, 0.5) is 0 Å². The molecule has 29 heavy (non-hydrogen) atoms. The molecular weight excluding hydrogens is 366 g/mol. The summed E-state index contributed by atoms with van der Waals surface area (Å²) in [4.78, 5) is 26.9. The fourth-order valence-corrected chi connectivity index (χ4v) is 3.13. The zero-order valence-electron chi connectivity index (χ0n) is 17.0. The maximum absolute atomic E-state index is 12.4. The smallest absolute Gasteiger partial charge is 0.277 e. The van der Waals surface area contributed by atoms with Crippen LogP contribution in [0.15, 0.2) is 53.3 Å². The molecule has 1 amide bonds. The lowest BCUT2D eigenvalue weighted by Crippen LogP contribution is -2.29. The van der Waals surface area contributed by atoms with Crippen LogP contribution in [0.1, 0.15) is 31.4 Å². The number of carbonyl (C=O) groups excluding carboxylic acids is 1. The molecule has 0 atom stereocenters. The number of nitrogens with zero attached hydrogens (tertiary/aromatic N) is 4. The molecule has 3 rings (SSSR count). The van der Waals surface area contributed by atoms with E-state index >= 15 is 0 Å². The van der Waals surface area contributed by atoms with Crippen LogP contribution in [0.3, 0.4) is 0 Å². The number of fused-ring (bicyclic) bond motifs is 1. The van der Waals surface area contributed by atoms with Gasteiger partial charge >= 0.3 is 0 Å². The van der Waals surface area contributed by atoms with E-state index < -0.39 is 0 Å². The average molecular weight is 393 g/mol. The summed E-state index contributed by atoms with van der Waals surface area (Å²) >= 11 is 0. The van der Waals surface area contributed by atoms with Gasteiger partial charge in [0.1, 0.15) is 5.52 Å². The molecule has 2 aromatic carbocycles. The van der Waals surface area contributed by atoms with E-state index in [1.54, 1.807) is 18.2 Å². The van der Waals surface area contributed by atoms with Crippen molar-refractivity contribution in [2.75, 3.05) is 13.1 Å². The topological polar surface area (TPSA) is 80.1 Å². The maximum atomic E-state index is 12.4. The van der Waals surface area contributed by atoms with Crippen LogP contribution in [0.5, 0.6) is 0 Å². The average Bonchev–Trinajstić information content (AvgIpc) is 2.76. The molecule has 1 heterocycles.